The largest absolute Gasteiger partial charge is 0.394 e. The van der Waals surface area contributed by atoms with Crippen LogP contribution >= 0.6 is 11.8 Å². The van der Waals surface area contributed by atoms with Crippen molar-refractivity contribution in [3.8, 4) is 0 Å². The van der Waals surface area contributed by atoms with Crippen LogP contribution in [-0.4, -0.2) is 26.8 Å². The monoisotopic (exact) mass is 240 g/mol. The highest BCUT2D eigenvalue weighted by Crippen LogP contribution is 2.38. The van der Waals surface area contributed by atoms with E-state index in [1.165, 1.54) is 18.6 Å². The highest BCUT2D eigenvalue weighted by atomic mass is 32.2. The average molecular weight is 240 g/mol. The van der Waals surface area contributed by atoms with Crippen molar-refractivity contribution in [3.05, 3.63) is 5.69 Å². The molecule has 1 aromatic heterocycles. The fraction of sp³-hybridized carbons (Fsp3) is 0.727. The zero-order valence-corrected chi connectivity index (χ0v) is 11.0. The summed E-state index contributed by atoms with van der Waals surface area (Å²) in [6.45, 7) is 5.21. The number of nitrogens with zero attached hydrogens (tertiary/aromatic N) is 2. The first-order chi connectivity index (χ1) is 7.52. The maximum Gasteiger partial charge on any atom is 0.147 e. The summed E-state index contributed by atoms with van der Waals surface area (Å²) in [6.07, 6.45) is 2.60. The van der Waals surface area contributed by atoms with Crippen molar-refractivity contribution in [2.24, 2.45) is 7.05 Å². The van der Waals surface area contributed by atoms with Gasteiger partial charge in [-0.1, -0.05) is 0 Å². The smallest absolute Gasteiger partial charge is 0.147 e. The molecule has 0 saturated carbocycles. The second kappa shape index (κ2) is 4.20. The van der Waals surface area contributed by atoms with Gasteiger partial charge in [0.2, 0.25) is 0 Å². The quantitative estimate of drug-likeness (QED) is 0.848. The Kier molecular flexibility index (Phi) is 3.06. The molecule has 5 heteroatoms. The number of rotatable bonds is 3. The fourth-order valence-electron chi connectivity index (χ4n) is 2.13. The summed E-state index contributed by atoms with van der Waals surface area (Å²) in [5, 5.41) is 7.74. The van der Waals surface area contributed by atoms with E-state index in [1.54, 1.807) is 0 Å². The van der Waals surface area contributed by atoms with E-state index in [-0.39, 0.29) is 0 Å². The van der Waals surface area contributed by atoms with Crippen LogP contribution < -0.4 is 11.1 Å². The van der Waals surface area contributed by atoms with Gasteiger partial charge in [0.05, 0.1) is 11.4 Å². The number of aryl methyl sites for hydroxylation is 2. The van der Waals surface area contributed by atoms with Gasteiger partial charge >= 0.3 is 0 Å². The van der Waals surface area contributed by atoms with Crippen LogP contribution in [0.1, 0.15) is 25.5 Å². The Hall–Kier alpha value is -0.840. The summed E-state index contributed by atoms with van der Waals surface area (Å²) in [5.74, 6) is 2.23. The Morgan fingerprint density at radius 3 is 2.88 bits per heavy atom. The van der Waals surface area contributed by atoms with Crippen LogP contribution in [0, 0.1) is 6.92 Å². The molecule has 0 amide bonds. The standard InChI is InChI=1S/C11H20N4S/c1-8-9(12)10(15(3)14-8)13-7-11(2)5-4-6-16-11/h13H,4-7,12H2,1-3H3. The van der Waals surface area contributed by atoms with Crippen molar-refractivity contribution in [3.63, 3.8) is 0 Å². The number of nitrogen functional groups attached to an aromatic ring is 1. The van der Waals surface area contributed by atoms with Crippen molar-refractivity contribution in [2.75, 3.05) is 23.3 Å². The van der Waals surface area contributed by atoms with E-state index in [4.69, 9.17) is 5.73 Å². The molecule has 1 aromatic rings. The molecule has 3 N–H and O–H groups in total. The third kappa shape index (κ3) is 2.14. The van der Waals surface area contributed by atoms with E-state index in [0.29, 0.717) is 4.75 Å². The Balaban J connectivity index is 2.04. The second-order valence-corrected chi connectivity index (χ2v) is 6.41. The number of thioether (sulfide) groups is 1. The zero-order valence-electron chi connectivity index (χ0n) is 10.2. The minimum atomic E-state index is 0.352. The molecule has 0 bridgehead atoms. The first kappa shape index (κ1) is 11.6. The lowest BCUT2D eigenvalue weighted by atomic mass is 10.1. The van der Waals surface area contributed by atoms with Crippen LogP contribution in [0.3, 0.4) is 0 Å². The summed E-state index contributed by atoms with van der Waals surface area (Å²) in [7, 11) is 1.93. The number of anilines is 2. The Morgan fingerprint density at radius 1 is 1.62 bits per heavy atom. The predicted octanol–water partition coefficient (Wildman–Crippen LogP) is 2.01. The lowest BCUT2D eigenvalue weighted by Crippen LogP contribution is -2.28. The SMILES string of the molecule is Cc1nn(C)c(NCC2(C)CCCS2)c1N. The second-order valence-electron chi connectivity index (χ2n) is 4.73. The Morgan fingerprint density at radius 2 is 2.38 bits per heavy atom. The maximum atomic E-state index is 5.98. The summed E-state index contributed by atoms with van der Waals surface area (Å²) < 4.78 is 2.18. The van der Waals surface area contributed by atoms with Crippen LogP contribution in [0.15, 0.2) is 0 Å². The summed E-state index contributed by atoms with van der Waals surface area (Å²) in [6, 6.07) is 0. The molecular formula is C11H20N4S. The Bertz CT molecular complexity index is 380. The molecule has 16 heavy (non-hydrogen) atoms. The average Bonchev–Trinajstić information content (AvgIpc) is 2.73. The molecule has 1 fully saturated rings. The molecule has 4 nitrogen and oxygen atoms in total. The molecule has 1 aliphatic heterocycles. The molecule has 1 atom stereocenters. The molecular weight excluding hydrogens is 220 g/mol. The molecule has 1 saturated heterocycles. The van der Waals surface area contributed by atoms with Crippen LogP contribution in [0.4, 0.5) is 11.5 Å². The lowest BCUT2D eigenvalue weighted by Gasteiger charge is -2.23. The van der Waals surface area contributed by atoms with E-state index in [2.05, 4.69) is 17.3 Å². The topological polar surface area (TPSA) is 55.9 Å². The number of aromatic nitrogens is 2. The molecule has 0 aliphatic carbocycles. The fourth-order valence-corrected chi connectivity index (χ4v) is 3.38. The minimum absolute atomic E-state index is 0.352. The third-order valence-electron chi connectivity index (χ3n) is 3.20. The molecule has 2 heterocycles. The van der Waals surface area contributed by atoms with E-state index < -0.39 is 0 Å². The van der Waals surface area contributed by atoms with Gasteiger partial charge < -0.3 is 11.1 Å². The van der Waals surface area contributed by atoms with E-state index >= 15 is 0 Å². The molecule has 1 unspecified atom stereocenters. The summed E-state index contributed by atoms with van der Waals surface area (Å²) >= 11 is 2.05. The van der Waals surface area contributed by atoms with Gasteiger partial charge in [0, 0.05) is 18.3 Å². The maximum absolute atomic E-state index is 5.98. The number of nitrogens with one attached hydrogen (secondary N) is 1. The lowest BCUT2D eigenvalue weighted by molar-refractivity contribution is 0.629. The normalized spacial score (nSPS) is 24.9. The van der Waals surface area contributed by atoms with Crippen molar-refractivity contribution < 1.29 is 0 Å². The van der Waals surface area contributed by atoms with Gasteiger partial charge in [-0.05, 0) is 32.4 Å². The van der Waals surface area contributed by atoms with Gasteiger partial charge in [0.1, 0.15) is 5.82 Å². The van der Waals surface area contributed by atoms with E-state index in [9.17, 15) is 0 Å². The molecule has 0 spiro atoms. The molecule has 0 aromatic carbocycles. The van der Waals surface area contributed by atoms with Gasteiger partial charge in [0.25, 0.3) is 0 Å². The van der Waals surface area contributed by atoms with Gasteiger partial charge in [-0.2, -0.15) is 16.9 Å². The molecule has 1 aliphatic rings. The highest BCUT2D eigenvalue weighted by Gasteiger charge is 2.29. The Labute approximate surface area is 101 Å². The van der Waals surface area contributed by atoms with Crippen LogP contribution in [-0.2, 0) is 7.05 Å². The van der Waals surface area contributed by atoms with Crippen molar-refractivity contribution in [1.29, 1.82) is 0 Å². The first-order valence-corrected chi connectivity index (χ1v) is 6.67. The van der Waals surface area contributed by atoms with Gasteiger partial charge in [0.15, 0.2) is 0 Å². The molecule has 90 valence electrons. The molecule has 0 radical (unpaired) electrons. The summed E-state index contributed by atoms with van der Waals surface area (Å²) in [4.78, 5) is 0. The van der Waals surface area contributed by atoms with Gasteiger partial charge in [-0.15, -0.1) is 0 Å². The minimum Gasteiger partial charge on any atom is -0.394 e. The van der Waals surface area contributed by atoms with Crippen LogP contribution in [0.5, 0.6) is 0 Å². The number of hydrogen-bond donors (Lipinski definition) is 2. The van der Waals surface area contributed by atoms with E-state index in [0.717, 1.165) is 23.7 Å². The van der Waals surface area contributed by atoms with Gasteiger partial charge in [-0.3, -0.25) is 4.68 Å². The summed E-state index contributed by atoms with van der Waals surface area (Å²) in [5.41, 5.74) is 7.65. The van der Waals surface area contributed by atoms with Crippen molar-refractivity contribution in [2.45, 2.75) is 31.4 Å². The van der Waals surface area contributed by atoms with Crippen LogP contribution in [0.2, 0.25) is 0 Å². The van der Waals surface area contributed by atoms with Crippen LogP contribution in [0.25, 0.3) is 0 Å². The molecule has 2 rings (SSSR count). The third-order valence-corrected chi connectivity index (χ3v) is 4.74. The first-order valence-electron chi connectivity index (χ1n) is 5.69. The van der Waals surface area contributed by atoms with Gasteiger partial charge in [-0.25, -0.2) is 0 Å². The van der Waals surface area contributed by atoms with Crippen molar-refractivity contribution in [1.82, 2.24) is 9.78 Å². The van der Waals surface area contributed by atoms with E-state index in [1.807, 2.05) is 30.4 Å². The van der Waals surface area contributed by atoms with Crippen molar-refractivity contribution >= 4 is 23.3 Å². The number of hydrogen-bond acceptors (Lipinski definition) is 4. The highest BCUT2D eigenvalue weighted by molar-refractivity contribution is 8.00. The number of nitrogens with two attached hydrogens (primary N) is 1. The zero-order chi connectivity index (χ0) is 11.8. The predicted molar refractivity (Wildman–Crippen MR) is 70.9 cm³/mol.